The van der Waals surface area contributed by atoms with Gasteiger partial charge in [-0.1, -0.05) is 18.2 Å². The number of urea groups is 1. The molecule has 37 heavy (non-hydrogen) atoms. The van der Waals surface area contributed by atoms with Gasteiger partial charge < -0.3 is 5.11 Å². The third-order valence-electron chi connectivity index (χ3n) is 7.36. The molecule has 2 fully saturated rings. The van der Waals surface area contributed by atoms with E-state index in [0.717, 1.165) is 39.7 Å². The predicted molar refractivity (Wildman–Crippen MR) is 132 cm³/mol. The Labute approximate surface area is 211 Å². The largest absolute Gasteiger partial charge is 0.416 e. The molecule has 5 rings (SSSR count). The third kappa shape index (κ3) is 5.03. The van der Waals surface area contributed by atoms with E-state index in [-0.39, 0.29) is 18.9 Å². The Morgan fingerprint density at radius 3 is 2.41 bits per heavy atom. The number of benzene rings is 2. The van der Waals surface area contributed by atoms with Crippen LogP contribution < -0.4 is 10.2 Å². The first-order chi connectivity index (χ1) is 17.5. The summed E-state index contributed by atoms with van der Waals surface area (Å²) in [6.07, 6.45) is -1.59. The zero-order valence-electron chi connectivity index (χ0n) is 20.3. The van der Waals surface area contributed by atoms with Crippen LogP contribution in [-0.2, 0) is 23.1 Å². The SMILES string of the molecule is Cc1c(C2(O)CCN(Cc3ccc(C(F)(F)F)cc3)CC2)ccc2ncc(N3CCC(=O)NC3=O)cc12. The average Bonchev–Trinajstić information content (AvgIpc) is 2.85. The van der Waals surface area contributed by atoms with Crippen molar-refractivity contribution >= 4 is 28.5 Å². The van der Waals surface area contributed by atoms with Crippen LogP contribution in [0.4, 0.5) is 23.7 Å². The highest BCUT2D eigenvalue weighted by molar-refractivity contribution is 6.06. The molecule has 2 aliphatic heterocycles. The van der Waals surface area contributed by atoms with Gasteiger partial charge >= 0.3 is 12.2 Å². The number of alkyl halides is 3. The number of fused-ring (bicyclic) bond motifs is 1. The van der Waals surface area contributed by atoms with Gasteiger partial charge in [-0.3, -0.25) is 24.9 Å². The fourth-order valence-electron chi connectivity index (χ4n) is 5.20. The number of hydrogen-bond acceptors (Lipinski definition) is 5. The molecule has 0 bridgehead atoms. The van der Waals surface area contributed by atoms with Gasteiger partial charge in [0.15, 0.2) is 0 Å². The van der Waals surface area contributed by atoms with Crippen LogP contribution in [-0.4, -0.2) is 46.6 Å². The molecule has 0 spiro atoms. The van der Waals surface area contributed by atoms with E-state index in [1.165, 1.54) is 17.0 Å². The van der Waals surface area contributed by atoms with Crippen molar-refractivity contribution < 1.29 is 27.9 Å². The number of aliphatic hydroxyl groups is 1. The van der Waals surface area contributed by atoms with Crippen LogP contribution in [0.15, 0.2) is 48.7 Å². The number of aromatic nitrogens is 1. The van der Waals surface area contributed by atoms with Gasteiger partial charge in [-0.25, -0.2) is 4.79 Å². The van der Waals surface area contributed by atoms with Crippen molar-refractivity contribution in [3.8, 4) is 0 Å². The summed E-state index contributed by atoms with van der Waals surface area (Å²) in [5.41, 5.74) is 2.06. The van der Waals surface area contributed by atoms with Gasteiger partial charge in [0.1, 0.15) is 0 Å². The van der Waals surface area contributed by atoms with Crippen LogP contribution in [0, 0.1) is 6.92 Å². The smallest absolute Gasteiger partial charge is 0.385 e. The fraction of sp³-hybridized carbons (Fsp3) is 0.370. The number of rotatable bonds is 4. The summed E-state index contributed by atoms with van der Waals surface area (Å²) < 4.78 is 38.5. The molecule has 3 heterocycles. The highest BCUT2D eigenvalue weighted by Crippen LogP contribution is 2.38. The number of halogens is 3. The number of amides is 3. The summed E-state index contributed by atoms with van der Waals surface area (Å²) in [5.74, 6) is -0.305. The van der Waals surface area contributed by atoms with E-state index < -0.39 is 23.4 Å². The van der Waals surface area contributed by atoms with E-state index in [1.54, 1.807) is 6.20 Å². The van der Waals surface area contributed by atoms with E-state index in [9.17, 15) is 27.9 Å². The summed E-state index contributed by atoms with van der Waals surface area (Å²) in [6, 6.07) is 10.3. The number of likely N-dealkylation sites (tertiary alicyclic amines) is 1. The molecule has 0 aliphatic carbocycles. The summed E-state index contributed by atoms with van der Waals surface area (Å²) in [7, 11) is 0. The molecule has 3 amide bonds. The number of nitrogens with zero attached hydrogens (tertiary/aromatic N) is 3. The molecule has 10 heteroatoms. The first-order valence-electron chi connectivity index (χ1n) is 12.2. The molecule has 2 saturated heterocycles. The monoisotopic (exact) mass is 512 g/mol. The van der Waals surface area contributed by atoms with Gasteiger partial charge in [0.05, 0.1) is 28.6 Å². The molecule has 0 saturated carbocycles. The Balaban J connectivity index is 1.32. The number of carbonyl (C=O) groups is 2. The van der Waals surface area contributed by atoms with E-state index in [4.69, 9.17) is 0 Å². The minimum atomic E-state index is -4.35. The maximum absolute atomic E-state index is 12.8. The van der Waals surface area contributed by atoms with Crippen molar-refractivity contribution in [3.05, 3.63) is 70.9 Å². The number of carbonyl (C=O) groups excluding carboxylic acids is 2. The van der Waals surface area contributed by atoms with Crippen LogP contribution in [0.2, 0.25) is 0 Å². The molecular weight excluding hydrogens is 485 g/mol. The van der Waals surface area contributed by atoms with E-state index in [2.05, 4.69) is 15.2 Å². The zero-order valence-corrected chi connectivity index (χ0v) is 20.3. The van der Waals surface area contributed by atoms with E-state index >= 15 is 0 Å². The van der Waals surface area contributed by atoms with Crippen molar-refractivity contribution in [2.24, 2.45) is 0 Å². The Hall–Kier alpha value is -3.50. The fourth-order valence-corrected chi connectivity index (χ4v) is 5.20. The number of anilines is 1. The summed E-state index contributed by atoms with van der Waals surface area (Å²) in [4.78, 5) is 31.9. The lowest BCUT2D eigenvalue weighted by molar-refractivity contribution is -0.137. The van der Waals surface area contributed by atoms with E-state index in [1.807, 2.05) is 25.1 Å². The van der Waals surface area contributed by atoms with Gasteiger partial charge in [0, 0.05) is 38.0 Å². The number of pyridine rings is 1. The molecule has 2 N–H and O–H groups in total. The molecular formula is C27H27F3N4O3. The number of imide groups is 1. The molecule has 2 aromatic carbocycles. The molecule has 0 radical (unpaired) electrons. The molecule has 7 nitrogen and oxygen atoms in total. The van der Waals surface area contributed by atoms with Crippen LogP contribution in [0.25, 0.3) is 10.9 Å². The second kappa shape index (κ2) is 9.42. The lowest BCUT2D eigenvalue weighted by atomic mass is 9.81. The summed E-state index contributed by atoms with van der Waals surface area (Å²) >= 11 is 0. The molecule has 194 valence electrons. The average molecular weight is 513 g/mol. The van der Waals surface area contributed by atoms with Crippen LogP contribution in [0.5, 0.6) is 0 Å². The number of hydrogen-bond donors (Lipinski definition) is 2. The second-order valence-electron chi connectivity index (χ2n) is 9.76. The minimum Gasteiger partial charge on any atom is -0.385 e. The minimum absolute atomic E-state index is 0.214. The molecule has 2 aliphatic rings. The molecule has 0 unspecified atom stereocenters. The first-order valence-corrected chi connectivity index (χ1v) is 12.2. The second-order valence-corrected chi connectivity index (χ2v) is 9.76. The van der Waals surface area contributed by atoms with Gasteiger partial charge in [0.2, 0.25) is 5.91 Å². The Bertz CT molecular complexity index is 1350. The van der Waals surface area contributed by atoms with Crippen LogP contribution >= 0.6 is 0 Å². The lowest BCUT2D eigenvalue weighted by Crippen LogP contribution is -2.49. The quantitative estimate of drug-likeness (QED) is 0.538. The van der Waals surface area contributed by atoms with Crippen molar-refractivity contribution in [1.29, 1.82) is 0 Å². The Morgan fingerprint density at radius 2 is 1.76 bits per heavy atom. The summed E-state index contributed by atoms with van der Waals surface area (Å²) in [6.45, 7) is 3.90. The molecule has 1 aromatic heterocycles. The van der Waals surface area contributed by atoms with Gasteiger partial charge in [0.25, 0.3) is 0 Å². The normalized spacial score (nSPS) is 18.8. The Kier molecular flexibility index (Phi) is 6.41. The van der Waals surface area contributed by atoms with Crippen molar-refractivity contribution in [3.63, 3.8) is 0 Å². The third-order valence-corrected chi connectivity index (χ3v) is 7.36. The van der Waals surface area contributed by atoms with Gasteiger partial charge in [-0.05, 0) is 60.7 Å². The lowest BCUT2D eigenvalue weighted by Gasteiger charge is -2.39. The maximum atomic E-state index is 12.8. The van der Waals surface area contributed by atoms with E-state index in [0.29, 0.717) is 38.2 Å². The molecule has 0 atom stereocenters. The summed E-state index contributed by atoms with van der Waals surface area (Å²) in [5, 5.41) is 14.7. The molecule has 3 aromatic rings. The Morgan fingerprint density at radius 1 is 1.05 bits per heavy atom. The highest BCUT2D eigenvalue weighted by atomic mass is 19.4. The topological polar surface area (TPSA) is 85.8 Å². The number of nitrogens with one attached hydrogen (secondary N) is 1. The van der Waals surface area contributed by atoms with Gasteiger partial charge in [-0.15, -0.1) is 0 Å². The number of aryl methyl sites for hydroxylation is 1. The highest BCUT2D eigenvalue weighted by Gasteiger charge is 2.36. The van der Waals surface area contributed by atoms with Crippen LogP contribution in [0.3, 0.4) is 0 Å². The maximum Gasteiger partial charge on any atom is 0.416 e. The zero-order chi connectivity index (χ0) is 26.4. The predicted octanol–water partition coefficient (Wildman–Crippen LogP) is 4.49. The van der Waals surface area contributed by atoms with Crippen LogP contribution in [0.1, 0.15) is 41.5 Å². The standard InChI is InChI=1S/C27H27F3N4O3/c1-17-21-14-20(34-11-8-24(35)32-25(34)36)15-31-23(21)7-6-22(17)26(37)9-12-33(13-10-26)16-18-2-4-19(5-3-18)27(28,29)30/h2-7,14-15,37H,8-13,16H2,1H3,(H,32,35,36). The van der Waals surface area contributed by atoms with Crippen molar-refractivity contribution in [2.75, 3.05) is 24.5 Å². The first kappa shape index (κ1) is 25.2. The van der Waals surface area contributed by atoms with Crippen molar-refractivity contribution in [1.82, 2.24) is 15.2 Å². The van der Waals surface area contributed by atoms with Crippen molar-refractivity contribution in [2.45, 2.75) is 44.5 Å². The van der Waals surface area contributed by atoms with Gasteiger partial charge in [-0.2, -0.15) is 13.2 Å². The number of piperidine rings is 1.